The summed E-state index contributed by atoms with van der Waals surface area (Å²) < 4.78 is 42.5. The molecule has 0 fully saturated rings. The summed E-state index contributed by atoms with van der Waals surface area (Å²) in [5.41, 5.74) is 4.74. The third-order valence-electron chi connectivity index (χ3n) is 6.30. The van der Waals surface area contributed by atoms with E-state index >= 15 is 0 Å². The molecule has 0 aliphatic heterocycles. The van der Waals surface area contributed by atoms with Crippen LogP contribution in [0.4, 0.5) is 10.2 Å². The quantitative estimate of drug-likeness (QED) is 0.426. The summed E-state index contributed by atoms with van der Waals surface area (Å²) in [6.45, 7) is 0.736. The lowest BCUT2D eigenvalue weighted by Crippen LogP contribution is -2.26. The molecule has 2 aromatic heterocycles. The molecule has 2 N–H and O–H groups in total. The predicted molar refractivity (Wildman–Crippen MR) is 145 cm³/mol. The van der Waals surface area contributed by atoms with E-state index in [0.29, 0.717) is 24.1 Å². The van der Waals surface area contributed by atoms with Gasteiger partial charge in [-0.15, -0.1) is 0 Å². The van der Waals surface area contributed by atoms with Gasteiger partial charge in [-0.3, -0.25) is 0 Å². The Morgan fingerprint density at radius 1 is 1.11 bits per heavy atom. The largest absolute Gasteiger partial charge is 0.366 e. The lowest BCUT2D eigenvalue weighted by molar-refractivity contribution is 0.579. The molecule has 2 radical (unpaired) electrons. The van der Waals surface area contributed by atoms with Gasteiger partial charge in [0.1, 0.15) is 19.5 Å². The fourth-order valence-electron chi connectivity index (χ4n) is 4.23. The van der Waals surface area contributed by atoms with Crippen molar-refractivity contribution in [2.75, 3.05) is 18.4 Å². The van der Waals surface area contributed by atoms with E-state index in [-0.39, 0.29) is 11.4 Å². The fourth-order valence-corrected chi connectivity index (χ4v) is 5.57. The molecule has 0 spiro atoms. The highest BCUT2D eigenvalue weighted by Crippen LogP contribution is 2.30. The van der Waals surface area contributed by atoms with Gasteiger partial charge in [0, 0.05) is 36.0 Å². The normalized spacial score (nSPS) is 16.2. The summed E-state index contributed by atoms with van der Waals surface area (Å²) in [5.74, 6) is 0.150. The SMILES string of the molecule is [B]c1cnn2c(NCC3=CC=C(CNS(=O)(=O)c4cccc(F)c4)CC3)cc(C3=C(Cl)CCC=C3)nc12. The molecular formula is C26H24BClFN5O2S. The summed E-state index contributed by atoms with van der Waals surface area (Å²) in [4.78, 5) is 4.59. The highest BCUT2D eigenvalue weighted by atomic mass is 35.5. The van der Waals surface area contributed by atoms with Gasteiger partial charge in [-0.2, -0.15) is 9.61 Å². The third-order valence-corrected chi connectivity index (χ3v) is 8.09. The molecule has 1 aromatic carbocycles. The highest BCUT2D eigenvalue weighted by molar-refractivity contribution is 7.89. The zero-order valence-electron chi connectivity index (χ0n) is 19.9. The van der Waals surface area contributed by atoms with Gasteiger partial charge in [0.25, 0.3) is 0 Å². The number of nitrogens with zero attached hydrogens (tertiary/aromatic N) is 3. The van der Waals surface area contributed by atoms with Crippen LogP contribution in [0.1, 0.15) is 31.4 Å². The number of fused-ring (bicyclic) bond motifs is 1. The Kier molecular flexibility index (Phi) is 7.32. The molecule has 11 heteroatoms. The molecule has 0 atom stereocenters. The third kappa shape index (κ3) is 5.71. The minimum absolute atomic E-state index is 0.0904. The molecule has 0 bridgehead atoms. The number of benzene rings is 1. The van der Waals surface area contributed by atoms with Crippen LogP contribution >= 0.6 is 11.6 Å². The van der Waals surface area contributed by atoms with Crippen LogP contribution in [0, 0.1) is 5.82 Å². The monoisotopic (exact) mass is 535 g/mol. The van der Waals surface area contributed by atoms with E-state index in [9.17, 15) is 12.8 Å². The van der Waals surface area contributed by atoms with Gasteiger partial charge in [0.2, 0.25) is 10.0 Å². The molecule has 2 aliphatic carbocycles. The lowest BCUT2D eigenvalue weighted by atomic mass is 9.98. The first-order chi connectivity index (χ1) is 17.8. The van der Waals surface area contributed by atoms with Gasteiger partial charge in [-0.05, 0) is 49.3 Å². The standard InChI is InChI=1S/C26H24BClFN5O2S/c27-22-16-31-34-25(13-24(33-26(22)34)21-6-1-2-7-23(21)28)30-14-17-8-10-18(11-9-17)15-32-37(35,36)20-5-3-4-19(29)12-20/h1,3-6,8,10,12-13,16,30,32H,2,7,9,11,14-15H2. The molecule has 0 saturated heterocycles. The number of hydrogen-bond donors (Lipinski definition) is 2. The van der Waals surface area contributed by atoms with Crippen LogP contribution < -0.4 is 15.5 Å². The average Bonchev–Trinajstić information content (AvgIpc) is 3.27. The van der Waals surface area contributed by atoms with Crippen molar-refractivity contribution >= 4 is 52.0 Å². The van der Waals surface area contributed by atoms with E-state index in [1.165, 1.54) is 18.2 Å². The van der Waals surface area contributed by atoms with E-state index in [2.05, 4.69) is 26.2 Å². The number of anilines is 1. The molecule has 37 heavy (non-hydrogen) atoms. The van der Waals surface area contributed by atoms with Crippen molar-refractivity contribution in [2.24, 2.45) is 0 Å². The Hall–Kier alpha value is -3.21. The Morgan fingerprint density at radius 2 is 1.89 bits per heavy atom. The molecule has 5 rings (SSSR count). The first-order valence-corrected chi connectivity index (χ1v) is 13.7. The number of nitrogens with one attached hydrogen (secondary N) is 2. The van der Waals surface area contributed by atoms with Crippen LogP contribution in [-0.2, 0) is 10.0 Å². The Balaban J connectivity index is 1.28. The highest BCUT2D eigenvalue weighted by Gasteiger charge is 2.17. The summed E-state index contributed by atoms with van der Waals surface area (Å²) in [6, 6.07) is 6.87. The van der Waals surface area contributed by atoms with Crippen molar-refractivity contribution in [3.8, 4) is 0 Å². The van der Waals surface area contributed by atoms with Crippen LogP contribution in [0.25, 0.3) is 11.2 Å². The first-order valence-electron chi connectivity index (χ1n) is 11.9. The van der Waals surface area contributed by atoms with Crippen LogP contribution in [0.5, 0.6) is 0 Å². The van der Waals surface area contributed by atoms with Crippen molar-refractivity contribution in [3.05, 3.63) is 88.5 Å². The topological polar surface area (TPSA) is 88.4 Å². The van der Waals surface area contributed by atoms with Gasteiger partial charge in [-0.1, -0.05) is 53.1 Å². The summed E-state index contributed by atoms with van der Waals surface area (Å²) in [5, 5.41) is 8.56. The van der Waals surface area contributed by atoms with Crippen LogP contribution in [0.2, 0.25) is 0 Å². The molecule has 0 amide bonds. The molecule has 3 aromatic rings. The van der Waals surface area contributed by atoms with Gasteiger partial charge in [-0.25, -0.2) is 22.5 Å². The number of allylic oxidation sites excluding steroid dienone is 6. The average molecular weight is 536 g/mol. The minimum atomic E-state index is -3.79. The van der Waals surface area contributed by atoms with Crippen LogP contribution in [-0.4, -0.2) is 44.0 Å². The molecule has 0 unspecified atom stereocenters. The zero-order chi connectivity index (χ0) is 26.0. The van der Waals surface area contributed by atoms with Crippen molar-refractivity contribution in [1.29, 1.82) is 0 Å². The van der Waals surface area contributed by atoms with Gasteiger partial charge < -0.3 is 5.32 Å². The molecular weight excluding hydrogens is 512 g/mol. The van der Waals surface area contributed by atoms with E-state index < -0.39 is 15.8 Å². The van der Waals surface area contributed by atoms with Crippen LogP contribution in [0.15, 0.2) is 81.9 Å². The second-order valence-electron chi connectivity index (χ2n) is 8.91. The first kappa shape index (κ1) is 25.4. The predicted octanol–water partition coefficient (Wildman–Crippen LogP) is 4.00. The number of sulfonamides is 1. The van der Waals surface area contributed by atoms with E-state index in [1.54, 1.807) is 10.7 Å². The fraction of sp³-hybridized carbons (Fsp3) is 0.231. The number of aromatic nitrogens is 3. The number of hydrogen-bond acceptors (Lipinski definition) is 5. The van der Waals surface area contributed by atoms with Gasteiger partial charge in [0.05, 0.1) is 10.6 Å². The summed E-state index contributed by atoms with van der Waals surface area (Å²) in [6.07, 6.45) is 12.7. The van der Waals surface area contributed by atoms with Crippen molar-refractivity contribution in [3.63, 3.8) is 0 Å². The zero-order valence-corrected chi connectivity index (χ0v) is 21.5. The maximum absolute atomic E-state index is 13.4. The van der Waals surface area contributed by atoms with E-state index in [1.807, 2.05) is 24.3 Å². The Bertz CT molecular complexity index is 1590. The second-order valence-corrected chi connectivity index (χ2v) is 11.1. The maximum atomic E-state index is 13.4. The van der Waals surface area contributed by atoms with E-state index in [4.69, 9.17) is 19.4 Å². The Labute approximate surface area is 221 Å². The molecule has 2 heterocycles. The second kappa shape index (κ2) is 10.6. The summed E-state index contributed by atoms with van der Waals surface area (Å²) >= 11 is 6.48. The van der Waals surface area contributed by atoms with Crippen LogP contribution in [0.3, 0.4) is 0 Å². The number of rotatable bonds is 8. The van der Waals surface area contributed by atoms with Crippen molar-refractivity contribution < 1.29 is 12.8 Å². The molecule has 0 saturated carbocycles. The molecule has 2 aliphatic rings. The molecule has 7 nitrogen and oxygen atoms in total. The van der Waals surface area contributed by atoms with Crippen molar-refractivity contribution in [2.45, 2.75) is 30.6 Å². The van der Waals surface area contributed by atoms with E-state index in [0.717, 1.165) is 58.6 Å². The maximum Gasteiger partial charge on any atom is 0.240 e. The molecule has 188 valence electrons. The smallest absolute Gasteiger partial charge is 0.240 e. The Morgan fingerprint density at radius 3 is 2.62 bits per heavy atom. The summed E-state index contributed by atoms with van der Waals surface area (Å²) in [7, 11) is 2.32. The van der Waals surface area contributed by atoms with Crippen molar-refractivity contribution in [1.82, 2.24) is 19.3 Å². The number of halogens is 2. The minimum Gasteiger partial charge on any atom is -0.366 e. The van der Waals surface area contributed by atoms with Gasteiger partial charge >= 0.3 is 0 Å². The van der Waals surface area contributed by atoms with Gasteiger partial charge in [0.15, 0.2) is 5.65 Å². The lowest BCUT2D eigenvalue weighted by Gasteiger charge is -2.18.